The molecule has 136 valence electrons. The van der Waals surface area contributed by atoms with Crippen molar-refractivity contribution >= 4 is 11.9 Å². The van der Waals surface area contributed by atoms with E-state index in [1.807, 2.05) is 28.0 Å². The van der Waals surface area contributed by atoms with Crippen LogP contribution in [0, 0.1) is 5.41 Å². The molecule has 1 spiro atoms. The molecule has 0 N–H and O–H groups in total. The Morgan fingerprint density at radius 3 is 2.40 bits per heavy atom. The van der Waals surface area contributed by atoms with Gasteiger partial charge < -0.3 is 14.7 Å². The standard InChI is InChI=1S/C20H29N3O2/c1-4-22-15-20(10-12-23(13-11-20)19(25)21(2)3)14-17(18(22)24)16-8-6-5-7-9-16/h5-9,17H,4,10-15H2,1-3H3/t17-/m0/s1. The number of rotatable bonds is 2. The molecule has 2 aliphatic rings. The maximum absolute atomic E-state index is 12.9. The van der Waals surface area contributed by atoms with Gasteiger partial charge in [-0.05, 0) is 37.2 Å². The molecule has 2 heterocycles. The van der Waals surface area contributed by atoms with Crippen LogP contribution in [0.25, 0.3) is 0 Å². The smallest absolute Gasteiger partial charge is 0.319 e. The van der Waals surface area contributed by atoms with Crippen LogP contribution in [-0.2, 0) is 4.79 Å². The van der Waals surface area contributed by atoms with E-state index in [-0.39, 0.29) is 23.3 Å². The second-order valence-corrected chi connectivity index (χ2v) is 7.68. The van der Waals surface area contributed by atoms with Crippen molar-refractivity contribution in [1.82, 2.24) is 14.7 Å². The van der Waals surface area contributed by atoms with E-state index in [1.165, 1.54) is 0 Å². The summed E-state index contributed by atoms with van der Waals surface area (Å²) in [5.41, 5.74) is 1.25. The van der Waals surface area contributed by atoms with Gasteiger partial charge >= 0.3 is 6.03 Å². The van der Waals surface area contributed by atoms with Crippen LogP contribution in [0.2, 0.25) is 0 Å². The zero-order valence-corrected chi connectivity index (χ0v) is 15.6. The van der Waals surface area contributed by atoms with Gasteiger partial charge in [0.25, 0.3) is 0 Å². The normalized spacial score (nSPS) is 23.0. The molecule has 2 saturated heterocycles. The lowest BCUT2D eigenvalue weighted by Gasteiger charge is -2.50. The number of carbonyl (C=O) groups excluding carboxylic acids is 2. The molecule has 0 unspecified atom stereocenters. The van der Waals surface area contributed by atoms with Gasteiger partial charge in [0.15, 0.2) is 0 Å². The van der Waals surface area contributed by atoms with Crippen LogP contribution in [0.3, 0.4) is 0 Å². The van der Waals surface area contributed by atoms with Crippen molar-refractivity contribution in [3.05, 3.63) is 35.9 Å². The molecule has 0 bridgehead atoms. The molecule has 3 amide bonds. The van der Waals surface area contributed by atoms with Crippen molar-refractivity contribution in [3.63, 3.8) is 0 Å². The third-order valence-corrected chi connectivity index (χ3v) is 5.83. The first-order chi connectivity index (χ1) is 12.0. The minimum Gasteiger partial charge on any atom is -0.342 e. The van der Waals surface area contributed by atoms with E-state index in [2.05, 4.69) is 19.1 Å². The summed E-state index contributed by atoms with van der Waals surface area (Å²) in [6.07, 6.45) is 2.84. The Balaban J connectivity index is 1.78. The van der Waals surface area contributed by atoms with E-state index in [9.17, 15) is 9.59 Å². The predicted octanol–water partition coefficient (Wildman–Crippen LogP) is 2.79. The summed E-state index contributed by atoms with van der Waals surface area (Å²) in [7, 11) is 3.60. The van der Waals surface area contributed by atoms with Gasteiger partial charge in [0, 0.05) is 40.3 Å². The van der Waals surface area contributed by atoms with Gasteiger partial charge in [-0.1, -0.05) is 30.3 Å². The Bertz CT molecular complexity index is 621. The number of carbonyl (C=O) groups is 2. The van der Waals surface area contributed by atoms with Gasteiger partial charge in [0.2, 0.25) is 5.91 Å². The Morgan fingerprint density at radius 2 is 1.84 bits per heavy atom. The Labute approximate surface area is 150 Å². The summed E-state index contributed by atoms with van der Waals surface area (Å²) in [5.74, 6) is 0.206. The zero-order chi connectivity index (χ0) is 18.0. The first kappa shape index (κ1) is 17.8. The number of likely N-dealkylation sites (N-methyl/N-ethyl adjacent to an activating group) is 1. The topological polar surface area (TPSA) is 43.9 Å². The van der Waals surface area contributed by atoms with E-state index in [1.54, 1.807) is 19.0 Å². The predicted molar refractivity (Wildman–Crippen MR) is 98.4 cm³/mol. The molecule has 5 heteroatoms. The number of amides is 3. The van der Waals surface area contributed by atoms with Crippen molar-refractivity contribution in [2.75, 3.05) is 40.3 Å². The fourth-order valence-electron chi connectivity index (χ4n) is 4.32. The monoisotopic (exact) mass is 343 g/mol. The second-order valence-electron chi connectivity index (χ2n) is 7.68. The highest BCUT2D eigenvalue weighted by Gasteiger charge is 2.46. The van der Waals surface area contributed by atoms with Crippen molar-refractivity contribution in [3.8, 4) is 0 Å². The lowest BCUT2D eigenvalue weighted by atomic mass is 9.67. The van der Waals surface area contributed by atoms with E-state index in [0.717, 1.165) is 51.0 Å². The van der Waals surface area contributed by atoms with Gasteiger partial charge in [-0.2, -0.15) is 0 Å². The second kappa shape index (κ2) is 7.06. The summed E-state index contributed by atoms with van der Waals surface area (Å²) >= 11 is 0. The largest absolute Gasteiger partial charge is 0.342 e. The van der Waals surface area contributed by atoms with Crippen molar-refractivity contribution in [1.29, 1.82) is 0 Å². The molecule has 0 aromatic heterocycles. The molecule has 1 aromatic rings. The number of likely N-dealkylation sites (tertiary alicyclic amines) is 2. The third-order valence-electron chi connectivity index (χ3n) is 5.83. The van der Waals surface area contributed by atoms with E-state index in [4.69, 9.17) is 0 Å². The Morgan fingerprint density at radius 1 is 1.20 bits per heavy atom. The summed E-state index contributed by atoms with van der Waals surface area (Å²) in [6.45, 7) is 5.21. The highest BCUT2D eigenvalue weighted by Crippen LogP contribution is 2.45. The van der Waals surface area contributed by atoms with Crippen LogP contribution in [0.5, 0.6) is 0 Å². The van der Waals surface area contributed by atoms with Gasteiger partial charge in [-0.3, -0.25) is 4.79 Å². The SMILES string of the molecule is CCN1CC2(CCN(C(=O)N(C)C)CC2)C[C@@H](c2ccccc2)C1=O. The number of hydrogen-bond donors (Lipinski definition) is 0. The highest BCUT2D eigenvalue weighted by molar-refractivity contribution is 5.84. The number of piperidine rings is 2. The molecule has 2 fully saturated rings. The quantitative estimate of drug-likeness (QED) is 0.829. The Hall–Kier alpha value is -2.04. The average molecular weight is 343 g/mol. The van der Waals surface area contributed by atoms with Crippen LogP contribution < -0.4 is 0 Å². The van der Waals surface area contributed by atoms with Crippen LogP contribution >= 0.6 is 0 Å². The molecule has 25 heavy (non-hydrogen) atoms. The molecule has 1 aromatic carbocycles. The summed E-state index contributed by atoms with van der Waals surface area (Å²) in [4.78, 5) is 30.7. The first-order valence-electron chi connectivity index (χ1n) is 9.26. The fourth-order valence-corrected chi connectivity index (χ4v) is 4.32. The average Bonchev–Trinajstić information content (AvgIpc) is 2.64. The number of benzene rings is 1. The molecule has 0 saturated carbocycles. The maximum atomic E-state index is 12.9. The minimum absolute atomic E-state index is 0.0500. The molecule has 0 radical (unpaired) electrons. The molecule has 1 atom stereocenters. The molecular weight excluding hydrogens is 314 g/mol. The number of urea groups is 1. The van der Waals surface area contributed by atoms with Gasteiger partial charge in [-0.25, -0.2) is 4.79 Å². The number of hydrogen-bond acceptors (Lipinski definition) is 2. The first-order valence-corrected chi connectivity index (χ1v) is 9.26. The lowest BCUT2D eigenvalue weighted by molar-refractivity contribution is -0.141. The molecule has 2 aliphatic heterocycles. The van der Waals surface area contributed by atoms with Crippen LogP contribution in [0.15, 0.2) is 30.3 Å². The fraction of sp³-hybridized carbons (Fsp3) is 0.600. The maximum Gasteiger partial charge on any atom is 0.319 e. The van der Waals surface area contributed by atoms with E-state index in [0.29, 0.717) is 0 Å². The van der Waals surface area contributed by atoms with Crippen molar-refractivity contribution in [2.45, 2.75) is 32.1 Å². The van der Waals surface area contributed by atoms with Gasteiger partial charge in [0.1, 0.15) is 0 Å². The molecular formula is C20H29N3O2. The van der Waals surface area contributed by atoms with E-state index >= 15 is 0 Å². The van der Waals surface area contributed by atoms with Crippen LogP contribution in [0.4, 0.5) is 4.79 Å². The zero-order valence-electron chi connectivity index (χ0n) is 15.6. The molecule has 3 rings (SSSR count). The number of nitrogens with zero attached hydrogens (tertiary/aromatic N) is 3. The van der Waals surface area contributed by atoms with Gasteiger partial charge in [-0.15, -0.1) is 0 Å². The van der Waals surface area contributed by atoms with Crippen molar-refractivity contribution in [2.24, 2.45) is 5.41 Å². The summed E-state index contributed by atoms with van der Waals surface area (Å²) in [6, 6.07) is 10.3. The van der Waals surface area contributed by atoms with Crippen molar-refractivity contribution < 1.29 is 9.59 Å². The van der Waals surface area contributed by atoms with Crippen LogP contribution in [0.1, 0.15) is 37.7 Å². The molecule has 5 nitrogen and oxygen atoms in total. The summed E-state index contributed by atoms with van der Waals surface area (Å²) in [5, 5.41) is 0. The Kier molecular flexibility index (Phi) is 5.02. The minimum atomic E-state index is -0.0500. The summed E-state index contributed by atoms with van der Waals surface area (Å²) < 4.78 is 0. The van der Waals surface area contributed by atoms with Gasteiger partial charge in [0.05, 0.1) is 5.92 Å². The third kappa shape index (κ3) is 3.51. The molecule has 0 aliphatic carbocycles. The lowest BCUT2D eigenvalue weighted by Crippen LogP contribution is -2.55. The van der Waals surface area contributed by atoms with Crippen LogP contribution in [-0.4, -0.2) is 66.9 Å². The van der Waals surface area contributed by atoms with E-state index < -0.39 is 0 Å². The highest BCUT2D eigenvalue weighted by atomic mass is 16.2.